The van der Waals surface area contributed by atoms with E-state index in [4.69, 9.17) is 4.74 Å². The van der Waals surface area contributed by atoms with Gasteiger partial charge < -0.3 is 10.1 Å². The van der Waals surface area contributed by atoms with Gasteiger partial charge in [0.1, 0.15) is 5.75 Å². The second kappa shape index (κ2) is 4.88. The lowest BCUT2D eigenvalue weighted by Gasteiger charge is -2.18. The van der Waals surface area contributed by atoms with Gasteiger partial charge >= 0.3 is 0 Å². The van der Waals surface area contributed by atoms with Crippen LogP contribution >= 0.6 is 0 Å². The van der Waals surface area contributed by atoms with Crippen molar-refractivity contribution in [3.05, 3.63) is 29.8 Å². The zero-order valence-electron chi connectivity index (χ0n) is 10.4. The van der Waals surface area contributed by atoms with Gasteiger partial charge in [0.25, 0.3) is 0 Å². The monoisotopic (exact) mass is 219 g/mol. The maximum atomic E-state index is 5.72. The molecule has 0 amide bonds. The Morgan fingerprint density at radius 2 is 2.19 bits per heavy atom. The van der Waals surface area contributed by atoms with Gasteiger partial charge in [-0.15, -0.1) is 0 Å². The predicted molar refractivity (Wildman–Crippen MR) is 66.7 cm³/mol. The van der Waals surface area contributed by atoms with Crippen molar-refractivity contribution in [3.63, 3.8) is 0 Å². The Morgan fingerprint density at radius 1 is 1.38 bits per heavy atom. The van der Waals surface area contributed by atoms with E-state index in [1.54, 1.807) is 0 Å². The molecule has 2 nitrogen and oxygen atoms in total. The number of rotatable bonds is 3. The van der Waals surface area contributed by atoms with E-state index in [1.807, 2.05) is 6.07 Å². The summed E-state index contributed by atoms with van der Waals surface area (Å²) in [6.45, 7) is 7.55. The molecule has 2 heteroatoms. The Bertz CT molecular complexity index is 348. The third kappa shape index (κ3) is 2.56. The Labute approximate surface area is 98.0 Å². The quantitative estimate of drug-likeness (QED) is 0.843. The summed E-state index contributed by atoms with van der Waals surface area (Å²) in [6.07, 6.45) is 1.50. The summed E-state index contributed by atoms with van der Waals surface area (Å²) in [7, 11) is 0. The molecule has 0 aliphatic carbocycles. The molecule has 88 valence electrons. The first kappa shape index (κ1) is 11.5. The maximum Gasteiger partial charge on any atom is 0.120 e. The van der Waals surface area contributed by atoms with Crippen LogP contribution in [0.1, 0.15) is 38.8 Å². The molecule has 1 N–H and O–H groups in total. The molecule has 0 spiro atoms. The van der Waals surface area contributed by atoms with E-state index in [1.165, 1.54) is 12.0 Å². The molecule has 1 aliphatic rings. The summed E-state index contributed by atoms with van der Waals surface area (Å²) in [4.78, 5) is 0. The van der Waals surface area contributed by atoms with Gasteiger partial charge in [-0.3, -0.25) is 0 Å². The number of hydrogen-bond donors (Lipinski definition) is 1. The molecular formula is C14H21NO. The standard InChI is InChI=1S/C14H21NO/c1-10(2)16-13-6-4-5-12(9-13)14-11(3)7-8-15-14/h4-6,9-11,14-15H,7-8H2,1-3H3. The molecule has 2 atom stereocenters. The Balaban J connectivity index is 2.15. The van der Waals surface area contributed by atoms with Gasteiger partial charge in [-0.1, -0.05) is 19.1 Å². The van der Waals surface area contributed by atoms with Crippen molar-refractivity contribution in [3.8, 4) is 5.75 Å². The van der Waals surface area contributed by atoms with E-state index < -0.39 is 0 Å². The first-order chi connectivity index (χ1) is 7.66. The highest BCUT2D eigenvalue weighted by molar-refractivity contribution is 5.31. The van der Waals surface area contributed by atoms with Crippen LogP contribution < -0.4 is 10.1 Å². The van der Waals surface area contributed by atoms with E-state index in [0.717, 1.165) is 12.3 Å². The van der Waals surface area contributed by atoms with Crippen molar-refractivity contribution in [2.45, 2.75) is 39.3 Å². The minimum atomic E-state index is 0.240. The average molecular weight is 219 g/mol. The van der Waals surface area contributed by atoms with Crippen LogP contribution in [0, 0.1) is 5.92 Å². The van der Waals surface area contributed by atoms with Gasteiger partial charge in [-0.05, 0) is 50.4 Å². The molecule has 2 rings (SSSR count). The minimum Gasteiger partial charge on any atom is -0.491 e. The molecule has 1 fully saturated rings. The van der Waals surface area contributed by atoms with Crippen LogP contribution in [0.25, 0.3) is 0 Å². The highest BCUT2D eigenvalue weighted by atomic mass is 16.5. The molecule has 2 unspecified atom stereocenters. The van der Waals surface area contributed by atoms with Gasteiger partial charge in [0.15, 0.2) is 0 Å². The number of nitrogens with one attached hydrogen (secondary N) is 1. The highest BCUT2D eigenvalue weighted by Crippen LogP contribution is 2.30. The molecule has 1 saturated heterocycles. The maximum absolute atomic E-state index is 5.72. The first-order valence-corrected chi connectivity index (χ1v) is 6.17. The minimum absolute atomic E-state index is 0.240. The third-order valence-electron chi connectivity index (χ3n) is 3.12. The van der Waals surface area contributed by atoms with Gasteiger partial charge in [0.2, 0.25) is 0 Å². The van der Waals surface area contributed by atoms with Crippen molar-refractivity contribution < 1.29 is 4.74 Å². The smallest absolute Gasteiger partial charge is 0.120 e. The largest absolute Gasteiger partial charge is 0.491 e. The fraction of sp³-hybridized carbons (Fsp3) is 0.571. The highest BCUT2D eigenvalue weighted by Gasteiger charge is 2.24. The van der Waals surface area contributed by atoms with E-state index in [9.17, 15) is 0 Å². The molecule has 1 aromatic rings. The Kier molecular flexibility index (Phi) is 3.49. The van der Waals surface area contributed by atoms with E-state index in [0.29, 0.717) is 12.0 Å². The van der Waals surface area contributed by atoms with E-state index in [-0.39, 0.29) is 6.10 Å². The third-order valence-corrected chi connectivity index (χ3v) is 3.12. The van der Waals surface area contributed by atoms with Crippen molar-refractivity contribution in [1.82, 2.24) is 5.32 Å². The Hall–Kier alpha value is -1.02. The second-order valence-electron chi connectivity index (χ2n) is 4.94. The van der Waals surface area contributed by atoms with Crippen LogP contribution in [0.5, 0.6) is 5.75 Å². The molecule has 16 heavy (non-hydrogen) atoms. The van der Waals surface area contributed by atoms with Crippen molar-refractivity contribution >= 4 is 0 Å². The molecule has 1 heterocycles. The van der Waals surface area contributed by atoms with Crippen molar-refractivity contribution in [2.75, 3.05) is 6.54 Å². The summed E-state index contributed by atoms with van der Waals surface area (Å²) in [5, 5.41) is 3.55. The van der Waals surface area contributed by atoms with Gasteiger partial charge in [-0.2, -0.15) is 0 Å². The summed E-state index contributed by atoms with van der Waals surface area (Å²) >= 11 is 0. The fourth-order valence-electron chi connectivity index (χ4n) is 2.33. The van der Waals surface area contributed by atoms with Crippen LogP contribution in [-0.2, 0) is 0 Å². The van der Waals surface area contributed by atoms with E-state index in [2.05, 4.69) is 44.3 Å². The molecule has 0 radical (unpaired) electrons. The van der Waals surface area contributed by atoms with Crippen molar-refractivity contribution in [2.24, 2.45) is 5.92 Å². The molecule has 1 aromatic carbocycles. The molecule has 0 saturated carbocycles. The van der Waals surface area contributed by atoms with E-state index >= 15 is 0 Å². The lowest BCUT2D eigenvalue weighted by molar-refractivity contribution is 0.242. The van der Waals surface area contributed by atoms with Gasteiger partial charge in [0, 0.05) is 6.04 Å². The summed E-state index contributed by atoms with van der Waals surface area (Å²) < 4.78 is 5.72. The van der Waals surface area contributed by atoms with Crippen LogP contribution in [0.2, 0.25) is 0 Å². The number of ether oxygens (including phenoxy) is 1. The summed E-state index contributed by atoms with van der Waals surface area (Å²) in [5.41, 5.74) is 1.35. The lowest BCUT2D eigenvalue weighted by Crippen LogP contribution is -2.16. The van der Waals surface area contributed by atoms with Crippen LogP contribution in [-0.4, -0.2) is 12.6 Å². The molecule has 0 bridgehead atoms. The molecule has 0 aromatic heterocycles. The predicted octanol–water partition coefficient (Wildman–Crippen LogP) is 3.14. The molecular weight excluding hydrogens is 198 g/mol. The van der Waals surface area contributed by atoms with Gasteiger partial charge in [0.05, 0.1) is 6.10 Å². The normalized spacial score (nSPS) is 25.0. The number of benzene rings is 1. The van der Waals surface area contributed by atoms with Gasteiger partial charge in [-0.25, -0.2) is 0 Å². The average Bonchev–Trinajstić information content (AvgIpc) is 2.64. The SMILES string of the molecule is CC(C)Oc1cccc(C2NCCC2C)c1. The second-order valence-corrected chi connectivity index (χ2v) is 4.94. The zero-order valence-corrected chi connectivity index (χ0v) is 10.4. The van der Waals surface area contributed by atoms with Crippen LogP contribution in [0.3, 0.4) is 0 Å². The summed E-state index contributed by atoms with van der Waals surface area (Å²) in [6, 6.07) is 8.96. The fourth-order valence-corrected chi connectivity index (χ4v) is 2.33. The van der Waals surface area contributed by atoms with Crippen LogP contribution in [0.4, 0.5) is 0 Å². The topological polar surface area (TPSA) is 21.3 Å². The lowest BCUT2D eigenvalue weighted by atomic mass is 9.96. The molecule has 1 aliphatic heterocycles. The first-order valence-electron chi connectivity index (χ1n) is 6.17. The number of hydrogen-bond acceptors (Lipinski definition) is 2. The Morgan fingerprint density at radius 3 is 2.81 bits per heavy atom. The zero-order chi connectivity index (χ0) is 11.5. The van der Waals surface area contributed by atoms with Crippen molar-refractivity contribution in [1.29, 1.82) is 0 Å². The summed E-state index contributed by atoms with van der Waals surface area (Å²) in [5.74, 6) is 1.70. The van der Waals surface area contributed by atoms with Crippen LogP contribution in [0.15, 0.2) is 24.3 Å².